The van der Waals surface area contributed by atoms with Gasteiger partial charge in [-0.05, 0) is 67.5 Å². The van der Waals surface area contributed by atoms with Crippen LogP contribution in [0.4, 0.5) is 0 Å². The summed E-state index contributed by atoms with van der Waals surface area (Å²) in [6, 6.07) is 13.0. The van der Waals surface area contributed by atoms with Crippen molar-refractivity contribution >= 4 is 10.0 Å². The van der Waals surface area contributed by atoms with Gasteiger partial charge in [0.1, 0.15) is 5.75 Å². The van der Waals surface area contributed by atoms with Crippen LogP contribution in [0.25, 0.3) is 0 Å². The number of rotatable bonds is 5. The Balaban J connectivity index is 1.75. The fourth-order valence-electron chi connectivity index (χ4n) is 3.24. The topological polar surface area (TPSA) is 55.4 Å². The van der Waals surface area contributed by atoms with Gasteiger partial charge in [0.2, 0.25) is 10.0 Å². The quantitative estimate of drug-likeness (QED) is 0.903. The van der Waals surface area contributed by atoms with Gasteiger partial charge in [0.05, 0.1) is 12.0 Å². The molecule has 1 N–H and O–H groups in total. The summed E-state index contributed by atoms with van der Waals surface area (Å²) < 4.78 is 33.0. The lowest BCUT2D eigenvalue weighted by Crippen LogP contribution is -2.30. The first kappa shape index (κ1) is 17.0. The number of sulfonamides is 1. The maximum Gasteiger partial charge on any atom is 0.240 e. The minimum atomic E-state index is -3.47. The Bertz CT molecular complexity index is 813. The first-order valence-electron chi connectivity index (χ1n) is 8.23. The van der Waals surface area contributed by atoms with Crippen molar-refractivity contribution in [2.24, 2.45) is 0 Å². The number of fused-ring (bicyclic) bond motifs is 1. The van der Waals surface area contributed by atoms with Crippen molar-refractivity contribution in [2.45, 2.75) is 37.0 Å². The smallest absolute Gasteiger partial charge is 0.240 e. The third kappa shape index (κ3) is 3.62. The maximum absolute atomic E-state index is 12.5. The summed E-state index contributed by atoms with van der Waals surface area (Å²) in [7, 11) is -1.80. The van der Waals surface area contributed by atoms with Crippen LogP contribution in [0.1, 0.15) is 35.4 Å². The zero-order valence-corrected chi connectivity index (χ0v) is 14.9. The number of benzene rings is 2. The van der Waals surface area contributed by atoms with Crippen molar-refractivity contribution in [3.05, 3.63) is 59.2 Å². The van der Waals surface area contributed by atoms with E-state index in [1.54, 1.807) is 19.2 Å². The van der Waals surface area contributed by atoms with Gasteiger partial charge in [-0.1, -0.05) is 23.8 Å². The Kier molecular flexibility index (Phi) is 4.92. The van der Waals surface area contributed by atoms with Crippen LogP contribution < -0.4 is 9.46 Å². The van der Waals surface area contributed by atoms with Gasteiger partial charge in [-0.3, -0.25) is 0 Å². The van der Waals surface area contributed by atoms with Gasteiger partial charge in [0, 0.05) is 6.54 Å². The molecule has 1 atom stereocenters. The molecule has 0 fully saturated rings. The highest BCUT2D eigenvalue weighted by Crippen LogP contribution is 2.33. The molecule has 1 unspecified atom stereocenters. The monoisotopic (exact) mass is 345 g/mol. The van der Waals surface area contributed by atoms with E-state index in [9.17, 15) is 8.42 Å². The molecule has 4 nitrogen and oxygen atoms in total. The molecule has 0 aliphatic heterocycles. The van der Waals surface area contributed by atoms with E-state index < -0.39 is 10.0 Å². The Labute approximate surface area is 143 Å². The van der Waals surface area contributed by atoms with E-state index >= 15 is 0 Å². The van der Waals surface area contributed by atoms with Crippen molar-refractivity contribution in [3.8, 4) is 5.75 Å². The van der Waals surface area contributed by atoms with Crippen molar-refractivity contribution in [3.63, 3.8) is 0 Å². The van der Waals surface area contributed by atoms with Gasteiger partial charge in [0.25, 0.3) is 0 Å². The molecule has 128 valence electrons. The SMILES string of the molecule is COc1ccc2c(c1)CCCC2CNS(=O)(=O)c1ccc(C)cc1. The van der Waals surface area contributed by atoms with Crippen LogP contribution in [0, 0.1) is 6.92 Å². The lowest BCUT2D eigenvalue weighted by Gasteiger charge is -2.26. The minimum Gasteiger partial charge on any atom is -0.497 e. The first-order chi connectivity index (χ1) is 11.5. The van der Waals surface area contributed by atoms with Gasteiger partial charge in [0.15, 0.2) is 0 Å². The molecule has 0 spiro atoms. The van der Waals surface area contributed by atoms with E-state index in [2.05, 4.69) is 16.9 Å². The molecule has 2 aromatic carbocycles. The lowest BCUT2D eigenvalue weighted by atomic mass is 9.83. The van der Waals surface area contributed by atoms with E-state index in [1.165, 1.54) is 11.1 Å². The molecule has 0 radical (unpaired) electrons. The van der Waals surface area contributed by atoms with Crippen molar-refractivity contribution in [2.75, 3.05) is 13.7 Å². The fourth-order valence-corrected chi connectivity index (χ4v) is 4.32. The third-order valence-electron chi connectivity index (χ3n) is 4.64. The summed E-state index contributed by atoms with van der Waals surface area (Å²) >= 11 is 0. The van der Waals surface area contributed by atoms with E-state index in [0.29, 0.717) is 11.4 Å². The van der Waals surface area contributed by atoms with E-state index in [1.807, 2.05) is 25.1 Å². The molecular weight excluding hydrogens is 322 g/mol. The molecule has 24 heavy (non-hydrogen) atoms. The van der Waals surface area contributed by atoms with E-state index in [4.69, 9.17) is 4.74 Å². The first-order valence-corrected chi connectivity index (χ1v) is 9.71. The van der Waals surface area contributed by atoms with Crippen LogP contribution in [0.3, 0.4) is 0 Å². The van der Waals surface area contributed by atoms with Crippen LogP contribution >= 0.6 is 0 Å². The number of hydrogen-bond donors (Lipinski definition) is 1. The summed E-state index contributed by atoms with van der Waals surface area (Å²) in [5.74, 6) is 1.06. The lowest BCUT2D eigenvalue weighted by molar-refractivity contribution is 0.412. The zero-order chi connectivity index (χ0) is 17.2. The molecule has 0 aromatic heterocycles. The second-order valence-corrected chi connectivity index (χ2v) is 8.09. The molecule has 5 heteroatoms. The highest BCUT2D eigenvalue weighted by molar-refractivity contribution is 7.89. The zero-order valence-electron chi connectivity index (χ0n) is 14.1. The Hall–Kier alpha value is -1.85. The number of hydrogen-bond acceptors (Lipinski definition) is 3. The molecule has 0 saturated carbocycles. The highest BCUT2D eigenvalue weighted by Gasteiger charge is 2.23. The normalized spacial score (nSPS) is 17.3. The summed E-state index contributed by atoms with van der Waals surface area (Å²) in [4.78, 5) is 0.318. The van der Waals surface area contributed by atoms with E-state index in [-0.39, 0.29) is 5.92 Å². The fraction of sp³-hybridized carbons (Fsp3) is 0.368. The van der Waals surface area contributed by atoms with Gasteiger partial charge in [-0.25, -0.2) is 13.1 Å². The average molecular weight is 345 g/mol. The summed E-state index contributed by atoms with van der Waals surface area (Å²) in [6.45, 7) is 2.37. The van der Waals surface area contributed by atoms with Crippen LogP contribution in [0.2, 0.25) is 0 Å². The average Bonchev–Trinajstić information content (AvgIpc) is 2.59. The summed E-state index contributed by atoms with van der Waals surface area (Å²) in [6.07, 6.45) is 3.08. The second-order valence-electron chi connectivity index (χ2n) is 6.32. The van der Waals surface area contributed by atoms with Gasteiger partial charge < -0.3 is 4.74 Å². The summed E-state index contributed by atoms with van der Waals surface area (Å²) in [5, 5.41) is 0. The molecule has 2 aromatic rings. The number of nitrogens with one attached hydrogen (secondary N) is 1. The summed E-state index contributed by atoms with van der Waals surface area (Å²) in [5.41, 5.74) is 3.54. The second kappa shape index (κ2) is 6.95. The molecule has 0 heterocycles. The molecular formula is C19H23NO3S. The van der Waals surface area contributed by atoms with Crippen molar-refractivity contribution in [1.29, 1.82) is 0 Å². The molecule has 0 bridgehead atoms. The van der Waals surface area contributed by atoms with Gasteiger partial charge in [-0.15, -0.1) is 0 Å². The predicted molar refractivity (Wildman–Crippen MR) is 95.0 cm³/mol. The van der Waals surface area contributed by atoms with Gasteiger partial charge in [-0.2, -0.15) is 0 Å². The Morgan fingerprint density at radius 3 is 2.62 bits per heavy atom. The molecule has 1 aliphatic carbocycles. The Morgan fingerprint density at radius 1 is 1.17 bits per heavy atom. The predicted octanol–water partition coefficient (Wildman–Crippen LogP) is 3.40. The standard InChI is InChI=1S/C19H23NO3S/c1-14-6-9-18(10-7-14)24(21,22)20-13-16-5-3-4-15-12-17(23-2)8-11-19(15)16/h6-12,16,20H,3-5,13H2,1-2H3. The number of methoxy groups -OCH3 is 1. The maximum atomic E-state index is 12.5. The molecule has 1 aliphatic rings. The van der Waals surface area contributed by atoms with Crippen LogP contribution in [-0.2, 0) is 16.4 Å². The largest absolute Gasteiger partial charge is 0.497 e. The molecule has 0 saturated heterocycles. The number of aryl methyl sites for hydroxylation is 2. The third-order valence-corrected chi connectivity index (χ3v) is 6.08. The van der Waals surface area contributed by atoms with Crippen LogP contribution in [0.5, 0.6) is 5.75 Å². The number of ether oxygens (including phenoxy) is 1. The van der Waals surface area contributed by atoms with Crippen molar-refractivity contribution in [1.82, 2.24) is 4.72 Å². The minimum absolute atomic E-state index is 0.208. The van der Waals surface area contributed by atoms with E-state index in [0.717, 1.165) is 30.6 Å². The molecule has 0 amide bonds. The van der Waals surface area contributed by atoms with Crippen molar-refractivity contribution < 1.29 is 13.2 Å². The van der Waals surface area contributed by atoms with Crippen LogP contribution in [0.15, 0.2) is 47.4 Å². The molecule has 3 rings (SSSR count). The van der Waals surface area contributed by atoms with Crippen LogP contribution in [-0.4, -0.2) is 22.1 Å². The Morgan fingerprint density at radius 2 is 1.92 bits per heavy atom. The highest BCUT2D eigenvalue weighted by atomic mass is 32.2. The van der Waals surface area contributed by atoms with Gasteiger partial charge >= 0.3 is 0 Å².